The van der Waals surface area contributed by atoms with Gasteiger partial charge >= 0.3 is 0 Å². The Morgan fingerprint density at radius 1 is 1.33 bits per heavy atom. The van der Waals surface area contributed by atoms with Gasteiger partial charge in [-0.25, -0.2) is 0 Å². The highest BCUT2D eigenvalue weighted by Gasteiger charge is 2.18. The summed E-state index contributed by atoms with van der Waals surface area (Å²) in [6.07, 6.45) is 1.30. The van der Waals surface area contributed by atoms with Crippen molar-refractivity contribution in [1.29, 1.82) is 0 Å². The summed E-state index contributed by atoms with van der Waals surface area (Å²) in [5.74, 6) is 0.324. The van der Waals surface area contributed by atoms with Crippen LogP contribution in [0.2, 0.25) is 0 Å². The zero-order valence-corrected chi connectivity index (χ0v) is 11.2. The van der Waals surface area contributed by atoms with Crippen LogP contribution < -0.4 is 0 Å². The molecule has 4 nitrogen and oxygen atoms in total. The third-order valence-electron chi connectivity index (χ3n) is 1.43. The first-order valence-corrected chi connectivity index (χ1v) is 7.07. The topological polar surface area (TPSA) is 52.6 Å². The van der Waals surface area contributed by atoms with E-state index in [1.165, 1.54) is 0 Å². The quantitative estimate of drug-likeness (QED) is 0.538. The normalized spacial score (nSPS) is 15.3. The third-order valence-corrected chi connectivity index (χ3v) is 2.37. The number of halogens is 1. The molecule has 0 rings (SSSR count). The molecule has 0 aromatic rings. The van der Waals surface area contributed by atoms with Crippen LogP contribution in [-0.4, -0.2) is 38.9 Å². The average Bonchev–Trinajstić information content (AvgIpc) is 1.97. The lowest BCUT2D eigenvalue weighted by Gasteiger charge is -2.26. The Morgan fingerprint density at radius 2 is 1.87 bits per heavy atom. The van der Waals surface area contributed by atoms with Gasteiger partial charge < -0.3 is 4.74 Å². The lowest BCUT2D eigenvalue weighted by atomic mass is 10.1. The van der Waals surface area contributed by atoms with Crippen LogP contribution in [0.5, 0.6) is 0 Å². The summed E-state index contributed by atoms with van der Waals surface area (Å²) in [5.41, 5.74) is -0.287. The van der Waals surface area contributed by atoms with Gasteiger partial charge in [-0.15, -0.1) is 11.6 Å². The van der Waals surface area contributed by atoms with E-state index in [1.54, 1.807) is 0 Å². The molecule has 0 N–H and O–H groups in total. The fourth-order valence-corrected chi connectivity index (χ4v) is 1.61. The molecule has 0 saturated heterocycles. The Kier molecular flexibility index (Phi) is 6.10. The molecule has 0 spiro atoms. The van der Waals surface area contributed by atoms with Crippen molar-refractivity contribution in [2.75, 3.05) is 18.7 Å². The smallest absolute Gasteiger partial charge is 0.264 e. The Bertz CT molecular complexity index is 268. The highest BCUT2D eigenvalue weighted by atomic mass is 35.5. The van der Waals surface area contributed by atoms with E-state index in [4.69, 9.17) is 16.3 Å². The maximum Gasteiger partial charge on any atom is 0.264 e. The van der Waals surface area contributed by atoms with Crippen molar-refractivity contribution >= 4 is 21.7 Å². The van der Waals surface area contributed by atoms with Gasteiger partial charge in [-0.1, -0.05) is 0 Å². The zero-order valence-electron chi connectivity index (χ0n) is 9.62. The minimum Gasteiger partial charge on any atom is -0.371 e. The Labute approximate surface area is 97.0 Å². The standard InChI is InChI=1S/C9H19ClO4S/c1-9(2,3)14-8(7-10)5-6-13-15(4,11)12/h8H,5-7H2,1-4H3/t8-/m1/s1. The summed E-state index contributed by atoms with van der Waals surface area (Å²) in [4.78, 5) is 0. The molecule has 0 unspecified atom stereocenters. The molecular weight excluding hydrogens is 240 g/mol. The van der Waals surface area contributed by atoms with Crippen LogP contribution in [0.25, 0.3) is 0 Å². The third kappa shape index (κ3) is 10.4. The summed E-state index contributed by atoms with van der Waals surface area (Å²) >= 11 is 5.69. The highest BCUT2D eigenvalue weighted by molar-refractivity contribution is 7.85. The summed E-state index contributed by atoms with van der Waals surface area (Å²) < 4.78 is 31.6. The van der Waals surface area contributed by atoms with Gasteiger partial charge in [0.25, 0.3) is 10.1 Å². The maximum absolute atomic E-state index is 10.7. The van der Waals surface area contributed by atoms with Crippen molar-refractivity contribution in [1.82, 2.24) is 0 Å². The van der Waals surface area contributed by atoms with Crippen molar-refractivity contribution in [3.8, 4) is 0 Å². The molecule has 0 bridgehead atoms. The number of alkyl halides is 1. The van der Waals surface area contributed by atoms with Gasteiger partial charge in [-0.05, 0) is 27.2 Å². The van der Waals surface area contributed by atoms with Gasteiger partial charge in [0.1, 0.15) is 0 Å². The lowest BCUT2D eigenvalue weighted by molar-refractivity contribution is -0.0559. The fourth-order valence-electron chi connectivity index (χ4n) is 0.999. The van der Waals surface area contributed by atoms with Crippen molar-refractivity contribution in [2.24, 2.45) is 0 Å². The predicted octanol–water partition coefficient (Wildman–Crippen LogP) is 1.78. The number of hydrogen-bond donors (Lipinski definition) is 0. The maximum atomic E-state index is 10.7. The predicted molar refractivity (Wildman–Crippen MR) is 60.8 cm³/mol. The van der Waals surface area contributed by atoms with Gasteiger partial charge in [0.2, 0.25) is 0 Å². The molecule has 0 aliphatic carbocycles. The Balaban J connectivity index is 3.92. The summed E-state index contributed by atoms with van der Waals surface area (Å²) in [6, 6.07) is 0. The molecular formula is C9H19ClO4S. The van der Waals surface area contributed by atoms with E-state index >= 15 is 0 Å². The molecule has 0 saturated carbocycles. The second kappa shape index (κ2) is 6.03. The van der Waals surface area contributed by atoms with Crippen LogP contribution in [-0.2, 0) is 19.0 Å². The summed E-state index contributed by atoms with van der Waals surface area (Å²) in [5, 5.41) is 0. The molecule has 0 aromatic carbocycles. The average molecular weight is 259 g/mol. The molecule has 1 atom stereocenters. The molecule has 15 heavy (non-hydrogen) atoms. The first kappa shape index (κ1) is 15.2. The van der Waals surface area contributed by atoms with Crippen molar-refractivity contribution in [2.45, 2.75) is 38.9 Å². The van der Waals surface area contributed by atoms with Crippen LogP contribution in [0.3, 0.4) is 0 Å². The van der Waals surface area contributed by atoms with Crippen molar-refractivity contribution in [3.05, 3.63) is 0 Å². The van der Waals surface area contributed by atoms with Gasteiger partial charge in [0.15, 0.2) is 0 Å². The fraction of sp³-hybridized carbons (Fsp3) is 1.00. The van der Waals surface area contributed by atoms with E-state index in [9.17, 15) is 8.42 Å². The highest BCUT2D eigenvalue weighted by Crippen LogP contribution is 2.14. The van der Waals surface area contributed by atoms with Gasteiger partial charge in [0, 0.05) is 5.88 Å². The lowest BCUT2D eigenvalue weighted by Crippen LogP contribution is -2.29. The van der Waals surface area contributed by atoms with Crippen molar-refractivity contribution in [3.63, 3.8) is 0 Å². The Hall–Kier alpha value is 0.160. The van der Waals surface area contributed by atoms with Gasteiger partial charge in [-0.3, -0.25) is 4.18 Å². The van der Waals surface area contributed by atoms with Crippen molar-refractivity contribution < 1.29 is 17.3 Å². The van der Waals surface area contributed by atoms with Crippen LogP contribution in [0.1, 0.15) is 27.2 Å². The van der Waals surface area contributed by atoms with Gasteiger partial charge in [0.05, 0.1) is 24.6 Å². The molecule has 0 amide bonds. The SMILES string of the molecule is CC(C)(C)O[C@@H](CCl)CCOS(C)(=O)=O. The number of hydrogen-bond acceptors (Lipinski definition) is 4. The van der Waals surface area contributed by atoms with E-state index in [0.717, 1.165) is 6.26 Å². The molecule has 0 heterocycles. The molecule has 92 valence electrons. The molecule has 0 fully saturated rings. The molecule has 0 aliphatic rings. The summed E-state index contributed by atoms with van der Waals surface area (Å²) in [6.45, 7) is 5.87. The van der Waals surface area contributed by atoms with Crippen LogP contribution >= 0.6 is 11.6 Å². The largest absolute Gasteiger partial charge is 0.371 e. The van der Waals surface area contributed by atoms with Crippen LogP contribution in [0.4, 0.5) is 0 Å². The molecule has 6 heteroatoms. The minimum absolute atomic E-state index is 0.103. The van der Waals surface area contributed by atoms with E-state index in [2.05, 4.69) is 4.18 Å². The molecule has 0 aromatic heterocycles. The van der Waals surface area contributed by atoms with Crippen LogP contribution in [0.15, 0.2) is 0 Å². The summed E-state index contributed by atoms with van der Waals surface area (Å²) in [7, 11) is -3.37. The number of ether oxygens (including phenoxy) is 1. The van der Waals surface area contributed by atoms with E-state index < -0.39 is 10.1 Å². The van der Waals surface area contributed by atoms with E-state index in [0.29, 0.717) is 12.3 Å². The second-order valence-corrected chi connectivity index (χ2v) is 6.27. The van der Waals surface area contributed by atoms with Gasteiger partial charge in [-0.2, -0.15) is 8.42 Å². The first-order valence-electron chi connectivity index (χ1n) is 4.72. The second-order valence-electron chi connectivity index (χ2n) is 4.32. The number of rotatable bonds is 6. The van der Waals surface area contributed by atoms with E-state index in [-0.39, 0.29) is 18.3 Å². The zero-order chi connectivity index (χ0) is 12.1. The Morgan fingerprint density at radius 3 is 2.20 bits per heavy atom. The molecule has 0 radical (unpaired) electrons. The van der Waals surface area contributed by atoms with E-state index in [1.807, 2.05) is 20.8 Å². The van der Waals surface area contributed by atoms with Crippen LogP contribution in [0, 0.1) is 0 Å². The first-order chi connectivity index (χ1) is 6.64. The monoisotopic (exact) mass is 258 g/mol. The minimum atomic E-state index is -3.37. The molecule has 0 aliphatic heterocycles.